The van der Waals surface area contributed by atoms with Crippen molar-refractivity contribution in [1.82, 2.24) is 5.32 Å². The van der Waals surface area contributed by atoms with Gasteiger partial charge in [0.2, 0.25) is 0 Å². The first kappa shape index (κ1) is 29.9. The SMILES string of the molecule is O=C(NC(Cc1ccc[n+](CCCS(=O)(=O)O)c1)C(=O)OCc1ccccc1)OCC1c2ccccc2-c2ccccc21. The molecule has 1 atom stereocenters. The van der Waals surface area contributed by atoms with Gasteiger partial charge in [0.1, 0.15) is 25.8 Å². The van der Waals surface area contributed by atoms with Gasteiger partial charge in [-0.25, -0.2) is 14.2 Å². The molecule has 0 radical (unpaired) electrons. The molecule has 5 rings (SSSR count). The number of nitrogens with zero attached hydrogens (tertiary/aromatic N) is 1. The third-order valence-electron chi connectivity index (χ3n) is 7.32. The lowest BCUT2D eigenvalue weighted by atomic mass is 9.98. The lowest BCUT2D eigenvalue weighted by Gasteiger charge is -2.19. The molecule has 0 saturated carbocycles. The number of aromatic nitrogens is 1. The fourth-order valence-corrected chi connectivity index (χ4v) is 5.80. The second-order valence-electron chi connectivity index (χ2n) is 10.4. The Bertz CT molecular complexity index is 1650. The van der Waals surface area contributed by atoms with E-state index in [-0.39, 0.29) is 37.7 Å². The number of carbonyl (C=O) groups is 2. The Morgan fingerprint density at radius 2 is 1.47 bits per heavy atom. The Morgan fingerprint density at radius 3 is 2.14 bits per heavy atom. The fourth-order valence-electron chi connectivity index (χ4n) is 5.31. The number of esters is 1. The molecule has 0 saturated heterocycles. The third-order valence-corrected chi connectivity index (χ3v) is 8.13. The Hall–Kier alpha value is -4.54. The van der Waals surface area contributed by atoms with Crippen molar-refractivity contribution in [2.24, 2.45) is 0 Å². The Labute approximate surface area is 250 Å². The number of alkyl carbamates (subject to hydrolysis) is 1. The molecule has 222 valence electrons. The predicted octanol–water partition coefficient (Wildman–Crippen LogP) is 4.45. The number of pyridine rings is 1. The molecule has 1 amide bonds. The number of rotatable bonds is 12. The van der Waals surface area contributed by atoms with Crippen molar-refractivity contribution < 1.29 is 36.6 Å². The van der Waals surface area contributed by atoms with Crippen molar-refractivity contribution in [2.75, 3.05) is 12.4 Å². The molecule has 1 aliphatic rings. The highest BCUT2D eigenvalue weighted by Crippen LogP contribution is 2.44. The van der Waals surface area contributed by atoms with Gasteiger partial charge in [-0.05, 0) is 33.9 Å². The zero-order valence-corrected chi connectivity index (χ0v) is 24.3. The highest BCUT2D eigenvalue weighted by molar-refractivity contribution is 7.85. The number of carbonyl (C=O) groups excluding carboxylic acids is 2. The molecule has 0 aliphatic heterocycles. The van der Waals surface area contributed by atoms with Gasteiger partial charge in [-0.15, -0.1) is 0 Å². The largest absolute Gasteiger partial charge is 0.459 e. The molecule has 1 aliphatic carbocycles. The Morgan fingerprint density at radius 1 is 0.837 bits per heavy atom. The van der Waals surface area contributed by atoms with E-state index in [4.69, 9.17) is 14.0 Å². The lowest BCUT2D eigenvalue weighted by molar-refractivity contribution is -0.697. The monoisotopic (exact) mass is 601 g/mol. The molecule has 3 aromatic carbocycles. The first-order valence-electron chi connectivity index (χ1n) is 14.0. The van der Waals surface area contributed by atoms with Gasteiger partial charge in [0.05, 0.1) is 5.75 Å². The van der Waals surface area contributed by atoms with E-state index in [1.54, 1.807) is 29.1 Å². The molecule has 0 bridgehead atoms. The zero-order valence-electron chi connectivity index (χ0n) is 23.5. The summed E-state index contributed by atoms with van der Waals surface area (Å²) in [6.45, 7) is 0.494. The molecule has 10 heteroatoms. The van der Waals surface area contributed by atoms with Crippen molar-refractivity contribution >= 4 is 22.2 Å². The fraction of sp³-hybridized carbons (Fsp3) is 0.242. The lowest BCUT2D eigenvalue weighted by Crippen LogP contribution is -2.44. The first-order chi connectivity index (χ1) is 20.8. The minimum atomic E-state index is -4.06. The maximum Gasteiger partial charge on any atom is 0.407 e. The maximum absolute atomic E-state index is 13.2. The minimum Gasteiger partial charge on any atom is -0.459 e. The summed E-state index contributed by atoms with van der Waals surface area (Å²) in [5, 5.41) is 2.70. The van der Waals surface area contributed by atoms with Gasteiger partial charge >= 0.3 is 12.1 Å². The first-order valence-corrected chi connectivity index (χ1v) is 15.6. The van der Waals surface area contributed by atoms with Crippen LogP contribution in [0.5, 0.6) is 0 Å². The second kappa shape index (κ2) is 13.6. The Balaban J connectivity index is 1.27. The number of nitrogens with one attached hydrogen (secondary N) is 1. The van der Waals surface area contributed by atoms with E-state index in [0.717, 1.165) is 33.4 Å². The predicted molar refractivity (Wildman–Crippen MR) is 160 cm³/mol. The van der Waals surface area contributed by atoms with Crippen molar-refractivity contribution in [2.45, 2.75) is 38.0 Å². The average molecular weight is 602 g/mol. The van der Waals surface area contributed by atoms with E-state index in [1.807, 2.05) is 66.7 Å². The number of amides is 1. The van der Waals surface area contributed by atoms with Crippen LogP contribution in [-0.2, 0) is 44.0 Å². The van der Waals surface area contributed by atoms with Crippen LogP contribution >= 0.6 is 0 Å². The van der Waals surface area contributed by atoms with Gasteiger partial charge in [0.15, 0.2) is 12.4 Å². The summed E-state index contributed by atoms with van der Waals surface area (Å²) in [5.41, 5.74) is 5.92. The van der Waals surface area contributed by atoms with E-state index in [9.17, 15) is 18.0 Å². The van der Waals surface area contributed by atoms with Crippen LogP contribution in [0.15, 0.2) is 103 Å². The number of ether oxygens (including phenoxy) is 2. The third kappa shape index (κ3) is 8.06. The number of hydrogen-bond donors (Lipinski definition) is 2. The Kier molecular flexibility index (Phi) is 9.48. The van der Waals surface area contributed by atoms with Crippen molar-refractivity contribution in [1.29, 1.82) is 0 Å². The van der Waals surface area contributed by atoms with Crippen LogP contribution in [0, 0.1) is 0 Å². The molecule has 1 heterocycles. The van der Waals surface area contributed by atoms with Crippen LogP contribution < -0.4 is 9.88 Å². The molecule has 4 aromatic rings. The molecule has 0 fully saturated rings. The van der Waals surface area contributed by atoms with Gasteiger partial charge in [-0.3, -0.25) is 4.55 Å². The van der Waals surface area contributed by atoms with Gasteiger partial charge in [-0.1, -0.05) is 78.9 Å². The van der Waals surface area contributed by atoms with Crippen molar-refractivity contribution in [3.05, 3.63) is 126 Å². The van der Waals surface area contributed by atoms with Gasteiger partial charge in [-0.2, -0.15) is 8.42 Å². The quantitative estimate of drug-likeness (QED) is 0.140. The van der Waals surface area contributed by atoms with Crippen LogP contribution in [0.25, 0.3) is 11.1 Å². The number of aryl methyl sites for hydroxylation is 1. The summed E-state index contributed by atoms with van der Waals surface area (Å²) in [5.74, 6) is -1.10. The van der Waals surface area contributed by atoms with Crippen molar-refractivity contribution in [3.8, 4) is 11.1 Å². The number of hydrogen-bond acceptors (Lipinski definition) is 6. The van der Waals surface area contributed by atoms with Gasteiger partial charge < -0.3 is 14.8 Å². The van der Waals surface area contributed by atoms with Crippen LogP contribution in [0.2, 0.25) is 0 Å². The van der Waals surface area contributed by atoms with E-state index in [2.05, 4.69) is 17.4 Å². The highest BCUT2D eigenvalue weighted by Gasteiger charge is 2.30. The van der Waals surface area contributed by atoms with E-state index < -0.39 is 28.2 Å². The van der Waals surface area contributed by atoms with Gasteiger partial charge in [0.25, 0.3) is 10.1 Å². The van der Waals surface area contributed by atoms with Crippen LogP contribution in [0.3, 0.4) is 0 Å². The normalized spacial score (nSPS) is 13.0. The minimum absolute atomic E-state index is 0.0486. The van der Waals surface area contributed by atoms with Crippen molar-refractivity contribution in [3.63, 3.8) is 0 Å². The standard InChI is InChI=1S/C33H32N2O7S/c36-32(41-22-24-10-2-1-3-11-24)31(20-25-12-8-17-35(21-25)18-9-19-43(38,39)40)34-33(37)42-23-30-28-15-6-4-13-26(28)27-14-5-7-16-29(27)30/h1-8,10-17,21,30-31H,9,18-20,22-23H2,(H-,34,37,38,39,40)/p+1. The van der Waals surface area contributed by atoms with E-state index >= 15 is 0 Å². The van der Waals surface area contributed by atoms with E-state index in [0.29, 0.717) is 6.54 Å². The molecule has 1 aromatic heterocycles. The molecular formula is C33H33N2O7S+. The second-order valence-corrected chi connectivity index (χ2v) is 12.0. The number of fused-ring (bicyclic) bond motifs is 3. The highest BCUT2D eigenvalue weighted by atomic mass is 32.2. The topological polar surface area (TPSA) is 123 Å². The smallest absolute Gasteiger partial charge is 0.407 e. The summed E-state index contributed by atoms with van der Waals surface area (Å²) in [6.07, 6.45) is 3.13. The van der Waals surface area contributed by atoms with Gasteiger partial charge in [0, 0.05) is 30.4 Å². The molecule has 9 nitrogen and oxygen atoms in total. The van der Waals surface area contributed by atoms with Crippen LogP contribution in [0.4, 0.5) is 4.79 Å². The molecule has 1 unspecified atom stereocenters. The molecule has 0 spiro atoms. The van der Waals surface area contributed by atoms with E-state index in [1.165, 1.54) is 0 Å². The van der Waals surface area contributed by atoms with Crippen LogP contribution in [0.1, 0.15) is 34.6 Å². The summed E-state index contributed by atoms with van der Waals surface area (Å²) in [7, 11) is -4.06. The molecule has 2 N–H and O–H groups in total. The average Bonchev–Trinajstić information content (AvgIpc) is 3.32. The summed E-state index contributed by atoms with van der Waals surface area (Å²) in [6, 6.07) is 27.9. The molecule has 43 heavy (non-hydrogen) atoms. The zero-order chi connectivity index (χ0) is 30.2. The number of benzene rings is 3. The molecular weight excluding hydrogens is 568 g/mol. The summed E-state index contributed by atoms with van der Waals surface area (Å²) >= 11 is 0. The van der Waals surface area contributed by atoms with Crippen LogP contribution in [-0.4, -0.2) is 43.4 Å². The summed E-state index contributed by atoms with van der Waals surface area (Å²) in [4.78, 5) is 26.3. The maximum atomic E-state index is 13.2. The summed E-state index contributed by atoms with van der Waals surface area (Å²) < 4.78 is 44.2.